The van der Waals surface area contributed by atoms with Crippen LogP contribution in [0, 0.1) is 0 Å². The Morgan fingerprint density at radius 2 is 2.30 bits per heavy atom. The first kappa shape index (κ1) is 13.2. The van der Waals surface area contributed by atoms with E-state index in [-0.39, 0.29) is 5.91 Å². The lowest BCUT2D eigenvalue weighted by Crippen LogP contribution is -2.28. The molecule has 0 fully saturated rings. The van der Waals surface area contributed by atoms with E-state index in [2.05, 4.69) is 35.7 Å². The zero-order chi connectivity index (χ0) is 14.1. The average molecular weight is 336 g/mol. The van der Waals surface area contributed by atoms with Crippen LogP contribution in [-0.2, 0) is 19.5 Å². The number of nitrogens with zero attached hydrogens (tertiary/aromatic N) is 5. The Morgan fingerprint density at radius 1 is 1.45 bits per heavy atom. The molecular formula is C13H14BrN5O. The number of amides is 1. The topological polar surface area (TPSA) is 63.9 Å². The Bertz CT molecular complexity index is 654. The van der Waals surface area contributed by atoms with E-state index < -0.39 is 0 Å². The number of hydrogen-bond acceptors (Lipinski definition) is 4. The van der Waals surface area contributed by atoms with Crippen LogP contribution >= 0.6 is 15.9 Å². The van der Waals surface area contributed by atoms with Gasteiger partial charge in [0.2, 0.25) is 0 Å². The summed E-state index contributed by atoms with van der Waals surface area (Å²) in [4.78, 5) is 18.1. The number of pyridine rings is 1. The number of carbonyl (C=O) groups excluding carboxylic acids is 1. The summed E-state index contributed by atoms with van der Waals surface area (Å²) in [5.41, 5.74) is 0.419. The third-order valence-electron chi connectivity index (χ3n) is 3.35. The van der Waals surface area contributed by atoms with Crippen molar-refractivity contribution in [3.8, 4) is 0 Å². The fraction of sp³-hybridized carbons (Fsp3) is 0.385. The van der Waals surface area contributed by atoms with Gasteiger partial charge in [-0.25, -0.2) is 4.98 Å². The lowest BCUT2D eigenvalue weighted by atomic mass is 10.3. The first-order valence-corrected chi connectivity index (χ1v) is 7.23. The summed E-state index contributed by atoms with van der Waals surface area (Å²) in [5, 5.41) is 8.31. The van der Waals surface area contributed by atoms with Crippen molar-refractivity contribution in [1.29, 1.82) is 0 Å². The Morgan fingerprint density at radius 3 is 3.10 bits per heavy atom. The van der Waals surface area contributed by atoms with Gasteiger partial charge in [0.15, 0.2) is 5.82 Å². The molecule has 0 atom stereocenters. The largest absolute Gasteiger partial charge is 0.333 e. The molecule has 20 heavy (non-hydrogen) atoms. The van der Waals surface area contributed by atoms with Crippen molar-refractivity contribution in [1.82, 2.24) is 24.6 Å². The highest BCUT2D eigenvalue weighted by Crippen LogP contribution is 2.16. The normalized spacial score (nSPS) is 13.3. The van der Waals surface area contributed by atoms with Crippen molar-refractivity contribution < 1.29 is 4.79 Å². The maximum Gasteiger partial charge on any atom is 0.272 e. The molecule has 1 aliphatic rings. The van der Waals surface area contributed by atoms with E-state index in [1.54, 1.807) is 30.1 Å². The van der Waals surface area contributed by atoms with Gasteiger partial charge in [-0.3, -0.25) is 4.79 Å². The van der Waals surface area contributed by atoms with Gasteiger partial charge in [-0.15, -0.1) is 10.2 Å². The van der Waals surface area contributed by atoms with Crippen LogP contribution in [0.1, 0.15) is 28.6 Å². The number of carbonyl (C=O) groups is 1. The second-order valence-electron chi connectivity index (χ2n) is 4.79. The Labute approximate surface area is 125 Å². The van der Waals surface area contributed by atoms with Crippen LogP contribution in [0.25, 0.3) is 0 Å². The highest BCUT2D eigenvalue weighted by Gasteiger charge is 2.20. The molecule has 2 aromatic rings. The predicted molar refractivity (Wildman–Crippen MR) is 76.1 cm³/mol. The van der Waals surface area contributed by atoms with E-state index in [4.69, 9.17) is 0 Å². The molecule has 0 radical (unpaired) electrons. The quantitative estimate of drug-likeness (QED) is 0.800. The van der Waals surface area contributed by atoms with Crippen molar-refractivity contribution in [3.05, 3.63) is 40.1 Å². The van der Waals surface area contributed by atoms with Gasteiger partial charge in [0, 0.05) is 20.0 Å². The van der Waals surface area contributed by atoms with Crippen LogP contribution < -0.4 is 0 Å². The van der Waals surface area contributed by atoms with Gasteiger partial charge in [0.1, 0.15) is 16.1 Å². The molecule has 2 aromatic heterocycles. The van der Waals surface area contributed by atoms with Crippen LogP contribution in [0.2, 0.25) is 0 Å². The van der Waals surface area contributed by atoms with Gasteiger partial charge in [0.05, 0.1) is 6.54 Å². The summed E-state index contributed by atoms with van der Waals surface area (Å²) < 4.78 is 2.75. The molecule has 6 nitrogen and oxygen atoms in total. The summed E-state index contributed by atoms with van der Waals surface area (Å²) in [6.07, 6.45) is 2.07. The van der Waals surface area contributed by atoms with E-state index in [0.29, 0.717) is 16.8 Å². The SMILES string of the molecule is CN(Cc1nnc2n1CCC2)C(=O)c1cccc(Br)n1. The van der Waals surface area contributed by atoms with E-state index >= 15 is 0 Å². The molecule has 0 unspecified atom stereocenters. The zero-order valence-corrected chi connectivity index (χ0v) is 12.7. The van der Waals surface area contributed by atoms with E-state index in [1.165, 1.54) is 0 Å². The van der Waals surface area contributed by atoms with Crippen LogP contribution in [0.15, 0.2) is 22.8 Å². The molecule has 1 amide bonds. The smallest absolute Gasteiger partial charge is 0.272 e. The third-order valence-corrected chi connectivity index (χ3v) is 3.79. The molecule has 0 saturated carbocycles. The average Bonchev–Trinajstić information content (AvgIpc) is 3.03. The third kappa shape index (κ3) is 2.45. The van der Waals surface area contributed by atoms with Gasteiger partial charge in [-0.1, -0.05) is 6.07 Å². The number of hydrogen-bond donors (Lipinski definition) is 0. The van der Waals surface area contributed by atoms with Gasteiger partial charge in [-0.2, -0.15) is 0 Å². The minimum Gasteiger partial charge on any atom is -0.333 e. The molecule has 0 saturated heterocycles. The van der Waals surface area contributed by atoms with Gasteiger partial charge in [0.25, 0.3) is 5.91 Å². The molecule has 0 N–H and O–H groups in total. The van der Waals surface area contributed by atoms with Gasteiger partial charge < -0.3 is 9.47 Å². The maximum absolute atomic E-state index is 12.3. The fourth-order valence-corrected chi connectivity index (χ4v) is 2.68. The van der Waals surface area contributed by atoms with Crippen molar-refractivity contribution >= 4 is 21.8 Å². The first-order valence-electron chi connectivity index (χ1n) is 6.44. The lowest BCUT2D eigenvalue weighted by Gasteiger charge is -2.16. The highest BCUT2D eigenvalue weighted by molar-refractivity contribution is 9.10. The van der Waals surface area contributed by atoms with E-state index in [1.807, 2.05) is 0 Å². The van der Waals surface area contributed by atoms with Crippen molar-refractivity contribution in [2.75, 3.05) is 7.05 Å². The lowest BCUT2D eigenvalue weighted by molar-refractivity contribution is 0.0774. The van der Waals surface area contributed by atoms with Crippen molar-refractivity contribution in [2.24, 2.45) is 0 Å². The second-order valence-corrected chi connectivity index (χ2v) is 5.61. The van der Waals surface area contributed by atoms with Gasteiger partial charge >= 0.3 is 0 Å². The molecule has 104 valence electrons. The Kier molecular flexibility index (Phi) is 3.52. The van der Waals surface area contributed by atoms with Crippen LogP contribution in [0.4, 0.5) is 0 Å². The maximum atomic E-state index is 12.3. The summed E-state index contributed by atoms with van der Waals surface area (Å²) in [7, 11) is 1.75. The molecule has 0 aliphatic carbocycles. The number of fused-ring (bicyclic) bond motifs is 1. The van der Waals surface area contributed by atoms with Crippen LogP contribution in [0.5, 0.6) is 0 Å². The summed E-state index contributed by atoms with van der Waals surface area (Å²) in [6, 6.07) is 5.30. The number of halogens is 1. The van der Waals surface area contributed by atoms with E-state index in [9.17, 15) is 4.79 Å². The van der Waals surface area contributed by atoms with Crippen LogP contribution in [0.3, 0.4) is 0 Å². The monoisotopic (exact) mass is 335 g/mol. The predicted octanol–water partition coefficient (Wildman–Crippen LogP) is 1.65. The molecular weight excluding hydrogens is 322 g/mol. The minimum absolute atomic E-state index is 0.123. The van der Waals surface area contributed by atoms with Crippen LogP contribution in [-0.4, -0.2) is 37.6 Å². The summed E-state index contributed by atoms with van der Waals surface area (Å²) >= 11 is 3.27. The molecule has 1 aliphatic heterocycles. The fourth-order valence-electron chi connectivity index (χ4n) is 2.33. The molecule has 3 rings (SSSR count). The molecule has 0 aromatic carbocycles. The first-order chi connectivity index (χ1) is 9.65. The van der Waals surface area contributed by atoms with Crippen molar-refractivity contribution in [3.63, 3.8) is 0 Å². The number of aromatic nitrogens is 4. The molecule has 0 spiro atoms. The molecule has 0 bridgehead atoms. The number of aryl methyl sites for hydroxylation is 1. The highest BCUT2D eigenvalue weighted by atomic mass is 79.9. The summed E-state index contributed by atoms with van der Waals surface area (Å²) in [5.74, 6) is 1.73. The molecule has 7 heteroatoms. The minimum atomic E-state index is -0.123. The van der Waals surface area contributed by atoms with Crippen molar-refractivity contribution in [2.45, 2.75) is 25.9 Å². The second kappa shape index (κ2) is 5.32. The van der Waals surface area contributed by atoms with Gasteiger partial charge in [-0.05, 0) is 34.5 Å². The van der Waals surface area contributed by atoms with E-state index in [0.717, 1.165) is 31.0 Å². The standard InChI is InChI=1S/C13H14BrN5O/c1-18(13(20)9-4-2-5-10(14)15-9)8-12-17-16-11-6-3-7-19(11)12/h2,4-5H,3,6-8H2,1H3. The summed E-state index contributed by atoms with van der Waals surface area (Å²) in [6.45, 7) is 1.38. The Balaban J connectivity index is 1.76. The Hall–Kier alpha value is -1.76. The zero-order valence-electron chi connectivity index (χ0n) is 11.1. The molecule has 3 heterocycles. The number of rotatable bonds is 3.